The molecule has 0 aromatic carbocycles. The summed E-state index contributed by atoms with van der Waals surface area (Å²) in [5.41, 5.74) is 4.70. The maximum Gasteiger partial charge on any atom is 0.273 e. The zero-order valence-corrected chi connectivity index (χ0v) is 8.22. The minimum absolute atomic E-state index is 0.204. The molecule has 0 saturated heterocycles. The zero-order valence-electron chi connectivity index (χ0n) is 7.46. The number of aryl methyl sites for hydroxylation is 1. The fraction of sp³-hybridized carbons (Fsp3) is 0.250. The predicted molar refractivity (Wildman–Crippen MR) is 49.8 cm³/mol. The van der Waals surface area contributed by atoms with Crippen LogP contribution < -0.4 is 10.9 Å². The van der Waals surface area contributed by atoms with Crippen LogP contribution in [0.15, 0.2) is 16.7 Å². The molecule has 2 N–H and O–H groups in total. The lowest BCUT2D eigenvalue weighted by molar-refractivity contribution is -0.119. The van der Waals surface area contributed by atoms with E-state index in [0.29, 0.717) is 11.3 Å². The Morgan fingerprint density at radius 1 is 1.50 bits per heavy atom. The van der Waals surface area contributed by atoms with E-state index < -0.39 is 11.8 Å². The second-order valence-corrected chi connectivity index (χ2v) is 2.79. The average Bonchev–Trinajstić information content (AvgIpc) is 2.60. The van der Waals surface area contributed by atoms with Crippen LogP contribution in [0.3, 0.4) is 0 Å². The monoisotopic (exact) mass is 216 g/mol. The molecule has 76 valence electrons. The number of rotatable bonds is 2. The highest BCUT2D eigenvalue weighted by Crippen LogP contribution is 2.07. The van der Waals surface area contributed by atoms with Crippen LogP contribution in [-0.2, 0) is 4.79 Å². The van der Waals surface area contributed by atoms with Crippen molar-refractivity contribution in [3.8, 4) is 0 Å². The Balaban J connectivity index is 2.52. The Kier molecular flexibility index (Phi) is 3.53. The van der Waals surface area contributed by atoms with Crippen LogP contribution in [-0.4, -0.2) is 17.7 Å². The third-order valence-electron chi connectivity index (χ3n) is 1.54. The van der Waals surface area contributed by atoms with Crippen LogP contribution >= 0.6 is 11.6 Å². The summed E-state index contributed by atoms with van der Waals surface area (Å²) in [6.07, 6.45) is 1.40. The molecule has 0 saturated carbocycles. The molecule has 0 atom stereocenters. The van der Waals surface area contributed by atoms with E-state index in [1.807, 2.05) is 0 Å². The quantitative estimate of drug-likeness (QED) is 0.561. The Morgan fingerprint density at radius 2 is 2.21 bits per heavy atom. The van der Waals surface area contributed by atoms with Gasteiger partial charge in [0.2, 0.25) is 0 Å². The third kappa shape index (κ3) is 2.50. The number of alkyl halides is 1. The number of hydrazine groups is 1. The topological polar surface area (TPSA) is 71.3 Å². The van der Waals surface area contributed by atoms with Crippen LogP contribution in [0.25, 0.3) is 0 Å². The third-order valence-corrected chi connectivity index (χ3v) is 1.78. The second-order valence-electron chi connectivity index (χ2n) is 2.53. The van der Waals surface area contributed by atoms with Gasteiger partial charge in [-0.25, -0.2) is 0 Å². The lowest BCUT2D eigenvalue weighted by Gasteiger charge is -2.03. The Bertz CT molecular complexity index is 348. The number of hydrogen-bond donors (Lipinski definition) is 2. The van der Waals surface area contributed by atoms with E-state index >= 15 is 0 Å². The molecule has 0 unspecified atom stereocenters. The van der Waals surface area contributed by atoms with Crippen molar-refractivity contribution in [3.05, 3.63) is 23.7 Å². The SMILES string of the molecule is Cc1occc1C(=O)NNC(=O)CCl. The van der Waals surface area contributed by atoms with Gasteiger partial charge in [0.25, 0.3) is 11.8 Å². The molecule has 6 heteroatoms. The van der Waals surface area contributed by atoms with Crippen molar-refractivity contribution in [1.29, 1.82) is 0 Å². The summed E-state index contributed by atoms with van der Waals surface area (Å²) >= 11 is 5.21. The van der Waals surface area contributed by atoms with E-state index in [1.54, 1.807) is 6.92 Å². The Labute approximate surface area is 85.4 Å². The second kappa shape index (κ2) is 4.66. The van der Waals surface area contributed by atoms with Crippen molar-refractivity contribution >= 4 is 23.4 Å². The molecule has 1 aromatic heterocycles. The minimum Gasteiger partial charge on any atom is -0.469 e. The first-order valence-corrected chi connectivity index (χ1v) is 4.38. The van der Waals surface area contributed by atoms with Crippen LogP contribution in [0.4, 0.5) is 0 Å². The lowest BCUT2D eigenvalue weighted by atomic mass is 10.2. The van der Waals surface area contributed by atoms with Crippen molar-refractivity contribution < 1.29 is 14.0 Å². The zero-order chi connectivity index (χ0) is 10.6. The summed E-state index contributed by atoms with van der Waals surface area (Å²) in [5.74, 6) is -0.622. The first kappa shape index (κ1) is 10.6. The summed E-state index contributed by atoms with van der Waals surface area (Å²) in [6.45, 7) is 1.65. The van der Waals surface area contributed by atoms with E-state index in [2.05, 4.69) is 10.9 Å². The summed E-state index contributed by atoms with van der Waals surface area (Å²) < 4.78 is 4.92. The fourth-order valence-corrected chi connectivity index (χ4v) is 0.915. The average molecular weight is 217 g/mol. The standard InChI is InChI=1S/C8H9ClN2O3/c1-5-6(2-3-14-5)8(13)11-10-7(12)4-9/h2-3H,4H2,1H3,(H,10,12)(H,11,13). The predicted octanol–water partition coefficient (Wildman–Crippen LogP) is 0.588. The molecule has 0 radical (unpaired) electrons. The Morgan fingerprint density at radius 3 is 2.71 bits per heavy atom. The van der Waals surface area contributed by atoms with Gasteiger partial charge in [-0.1, -0.05) is 0 Å². The first-order valence-electron chi connectivity index (χ1n) is 3.84. The largest absolute Gasteiger partial charge is 0.469 e. The summed E-state index contributed by atoms with van der Waals surface area (Å²) in [5, 5.41) is 0. The highest BCUT2D eigenvalue weighted by molar-refractivity contribution is 6.27. The minimum atomic E-state index is -0.471. The number of amides is 2. The van der Waals surface area contributed by atoms with E-state index in [0.717, 1.165) is 0 Å². The number of halogens is 1. The summed E-state index contributed by atoms with van der Waals surface area (Å²) in [6, 6.07) is 1.51. The smallest absolute Gasteiger partial charge is 0.273 e. The van der Waals surface area contributed by atoms with Crippen molar-refractivity contribution in [1.82, 2.24) is 10.9 Å². The van der Waals surface area contributed by atoms with E-state index in [1.165, 1.54) is 12.3 Å². The molecule has 0 bridgehead atoms. The molecular formula is C8H9ClN2O3. The first-order chi connectivity index (χ1) is 6.65. The van der Waals surface area contributed by atoms with Crippen molar-refractivity contribution in [3.63, 3.8) is 0 Å². The molecule has 2 amide bonds. The van der Waals surface area contributed by atoms with Gasteiger partial charge in [-0.3, -0.25) is 20.4 Å². The molecule has 0 aliphatic carbocycles. The molecule has 1 aromatic rings. The van der Waals surface area contributed by atoms with E-state index in [9.17, 15) is 9.59 Å². The molecular weight excluding hydrogens is 208 g/mol. The summed E-state index contributed by atoms with van der Waals surface area (Å²) in [7, 11) is 0. The van der Waals surface area contributed by atoms with Crippen LogP contribution in [0.5, 0.6) is 0 Å². The highest BCUT2D eigenvalue weighted by atomic mass is 35.5. The number of nitrogens with one attached hydrogen (secondary N) is 2. The van der Waals surface area contributed by atoms with Crippen LogP contribution in [0.2, 0.25) is 0 Å². The number of carbonyl (C=O) groups excluding carboxylic acids is 2. The maximum atomic E-state index is 11.3. The van der Waals surface area contributed by atoms with E-state index in [-0.39, 0.29) is 5.88 Å². The highest BCUT2D eigenvalue weighted by Gasteiger charge is 2.11. The molecule has 0 fully saturated rings. The van der Waals surface area contributed by atoms with Gasteiger partial charge in [0.05, 0.1) is 11.8 Å². The van der Waals surface area contributed by atoms with Crippen LogP contribution in [0.1, 0.15) is 16.1 Å². The van der Waals surface area contributed by atoms with Gasteiger partial charge < -0.3 is 4.42 Å². The van der Waals surface area contributed by atoms with Gasteiger partial charge in [-0.2, -0.15) is 0 Å². The van der Waals surface area contributed by atoms with Crippen molar-refractivity contribution in [2.75, 3.05) is 5.88 Å². The normalized spacial score (nSPS) is 9.57. The van der Waals surface area contributed by atoms with Gasteiger partial charge in [-0.15, -0.1) is 11.6 Å². The molecule has 14 heavy (non-hydrogen) atoms. The van der Waals surface area contributed by atoms with Gasteiger partial charge in [-0.05, 0) is 13.0 Å². The van der Waals surface area contributed by atoms with Crippen molar-refractivity contribution in [2.24, 2.45) is 0 Å². The van der Waals surface area contributed by atoms with Gasteiger partial charge >= 0.3 is 0 Å². The Hall–Kier alpha value is -1.49. The van der Waals surface area contributed by atoms with Gasteiger partial charge in [0.1, 0.15) is 11.6 Å². The number of furan rings is 1. The number of hydrogen-bond acceptors (Lipinski definition) is 3. The lowest BCUT2D eigenvalue weighted by Crippen LogP contribution is -2.42. The maximum absolute atomic E-state index is 11.3. The molecule has 0 spiro atoms. The molecule has 5 nitrogen and oxygen atoms in total. The fourth-order valence-electron chi connectivity index (χ4n) is 0.848. The molecule has 0 aliphatic heterocycles. The number of carbonyl (C=O) groups is 2. The molecule has 1 rings (SSSR count). The van der Waals surface area contributed by atoms with Crippen LogP contribution in [0, 0.1) is 6.92 Å². The van der Waals surface area contributed by atoms with Gasteiger partial charge in [0.15, 0.2) is 0 Å². The van der Waals surface area contributed by atoms with Gasteiger partial charge in [0, 0.05) is 0 Å². The molecule has 0 aliphatic rings. The van der Waals surface area contributed by atoms with E-state index in [4.69, 9.17) is 16.0 Å². The molecule has 1 heterocycles. The summed E-state index contributed by atoms with van der Waals surface area (Å²) in [4.78, 5) is 22.0. The van der Waals surface area contributed by atoms with Crippen molar-refractivity contribution in [2.45, 2.75) is 6.92 Å².